The van der Waals surface area contributed by atoms with Gasteiger partial charge in [0, 0.05) is 0 Å². The zero-order valence-electron chi connectivity index (χ0n) is 11.2. The van der Waals surface area contributed by atoms with E-state index in [2.05, 4.69) is 10.6 Å². The highest BCUT2D eigenvalue weighted by Gasteiger charge is 2.52. The van der Waals surface area contributed by atoms with Crippen molar-refractivity contribution in [2.45, 2.75) is 56.5 Å². The summed E-state index contributed by atoms with van der Waals surface area (Å²) in [5.74, 6) is -0.594. The molecule has 0 spiro atoms. The number of nitrogens with one attached hydrogen (secondary N) is 2. The summed E-state index contributed by atoms with van der Waals surface area (Å²) in [6.07, 6.45) is 6.38. The second-order valence-electron chi connectivity index (χ2n) is 6.36. The molecule has 106 valence electrons. The molecule has 3 N–H and O–H groups in total. The average Bonchev–Trinajstić information content (AvgIpc) is 2.93. The van der Waals surface area contributed by atoms with Crippen LogP contribution < -0.4 is 10.6 Å². The lowest BCUT2D eigenvalue weighted by Crippen LogP contribution is -2.63. The van der Waals surface area contributed by atoms with Gasteiger partial charge in [-0.15, -0.1) is 0 Å². The summed E-state index contributed by atoms with van der Waals surface area (Å²) in [6.45, 7) is 0.884. The quantitative estimate of drug-likeness (QED) is 0.709. The van der Waals surface area contributed by atoms with Gasteiger partial charge in [0.25, 0.3) is 0 Å². The van der Waals surface area contributed by atoms with Gasteiger partial charge in [-0.3, -0.25) is 9.59 Å². The minimum absolute atomic E-state index is 0.00380. The molecule has 1 saturated heterocycles. The zero-order chi connectivity index (χ0) is 13.5. The van der Waals surface area contributed by atoms with E-state index < -0.39 is 17.4 Å². The van der Waals surface area contributed by atoms with Crippen LogP contribution in [0.4, 0.5) is 0 Å². The lowest BCUT2D eigenvalue weighted by Gasteiger charge is -2.51. The van der Waals surface area contributed by atoms with Crippen LogP contribution in [0.3, 0.4) is 0 Å². The number of fused-ring (bicyclic) bond motifs is 3. The molecule has 1 amide bonds. The third kappa shape index (κ3) is 2.24. The first-order chi connectivity index (χ1) is 9.11. The Balaban J connectivity index is 1.75. The Morgan fingerprint density at radius 1 is 1.21 bits per heavy atom. The van der Waals surface area contributed by atoms with E-state index in [1.54, 1.807) is 0 Å². The Hall–Kier alpha value is -1.10. The molecule has 2 atom stereocenters. The van der Waals surface area contributed by atoms with E-state index in [0.29, 0.717) is 5.92 Å². The van der Waals surface area contributed by atoms with Crippen LogP contribution in [-0.4, -0.2) is 35.1 Å². The fourth-order valence-electron chi connectivity index (χ4n) is 4.13. The minimum atomic E-state index is -0.746. The number of aliphatic carboxylic acids is 1. The van der Waals surface area contributed by atoms with E-state index in [9.17, 15) is 14.7 Å². The first-order valence-corrected chi connectivity index (χ1v) is 7.39. The van der Waals surface area contributed by atoms with E-state index in [4.69, 9.17) is 0 Å². The lowest BCUT2D eigenvalue weighted by molar-refractivity contribution is -0.151. The highest BCUT2D eigenvalue weighted by Crippen LogP contribution is 2.48. The number of rotatable bonds is 3. The second-order valence-corrected chi connectivity index (χ2v) is 6.36. The molecule has 2 bridgehead atoms. The van der Waals surface area contributed by atoms with E-state index in [0.717, 1.165) is 51.5 Å². The van der Waals surface area contributed by atoms with Crippen molar-refractivity contribution in [2.75, 3.05) is 6.54 Å². The molecule has 1 heterocycles. The molecule has 5 heteroatoms. The van der Waals surface area contributed by atoms with Crippen LogP contribution in [0.25, 0.3) is 0 Å². The van der Waals surface area contributed by atoms with Crippen LogP contribution >= 0.6 is 0 Å². The summed E-state index contributed by atoms with van der Waals surface area (Å²) < 4.78 is 0. The normalized spacial score (nSPS) is 41.2. The highest BCUT2D eigenvalue weighted by atomic mass is 16.4. The van der Waals surface area contributed by atoms with Gasteiger partial charge in [-0.05, 0) is 57.4 Å². The van der Waals surface area contributed by atoms with Gasteiger partial charge in [0.2, 0.25) is 5.91 Å². The summed E-state index contributed by atoms with van der Waals surface area (Å²) in [7, 11) is 0. The maximum atomic E-state index is 12.3. The highest BCUT2D eigenvalue weighted by molar-refractivity contribution is 5.84. The van der Waals surface area contributed by atoms with Gasteiger partial charge in [0.1, 0.15) is 0 Å². The topological polar surface area (TPSA) is 78.4 Å². The van der Waals surface area contributed by atoms with Gasteiger partial charge in [-0.25, -0.2) is 0 Å². The van der Waals surface area contributed by atoms with Crippen LogP contribution in [0.5, 0.6) is 0 Å². The van der Waals surface area contributed by atoms with Crippen LogP contribution in [0.1, 0.15) is 44.9 Å². The first-order valence-electron chi connectivity index (χ1n) is 7.39. The Morgan fingerprint density at radius 3 is 2.53 bits per heavy atom. The SMILES string of the molecule is O=C(NC12CCC(CC1)C[C@H]2C(=O)O)[C@@H]1CCCN1. The van der Waals surface area contributed by atoms with Crippen molar-refractivity contribution in [2.24, 2.45) is 11.8 Å². The molecular formula is C14H22N2O3. The molecule has 0 aromatic rings. The van der Waals surface area contributed by atoms with Gasteiger partial charge in [-0.2, -0.15) is 0 Å². The van der Waals surface area contributed by atoms with Crippen molar-refractivity contribution in [1.82, 2.24) is 10.6 Å². The predicted octanol–water partition coefficient (Wildman–Crippen LogP) is 0.888. The molecule has 0 radical (unpaired) electrons. The summed E-state index contributed by atoms with van der Waals surface area (Å²) in [6, 6.07) is -0.122. The zero-order valence-corrected chi connectivity index (χ0v) is 11.2. The Labute approximate surface area is 113 Å². The maximum Gasteiger partial charge on any atom is 0.308 e. The molecule has 0 aromatic heterocycles. The summed E-state index contributed by atoms with van der Waals surface area (Å²) in [4.78, 5) is 23.8. The molecule has 19 heavy (non-hydrogen) atoms. The first kappa shape index (κ1) is 12.9. The third-order valence-corrected chi connectivity index (χ3v) is 5.28. The minimum Gasteiger partial charge on any atom is -0.481 e. The van der Waals surface area contributed by atoms with Crippen molar-refractivity contribution < 1.29 is 14.7 Å². The Kier molecular flexibility index (Phi) is 3.25. The molecule has 4 fully saturated rings. The molecule has 3 saturated carbocycles. The van der Waals surface area contributed by atoms with Crippen LogP contribution in [0, 0.1) is 11.8 Å². The second kappa shape index (κ2) is 4.78. The Morgan fingerprint density at radius 2 is 1.95 bits per heavy atom. The number of carbonyl (C=O) groups is 2. The summed E-state index contributed by atoms with van der Waals surface area (Å²) >= 11 is 0. The van der Waals surface area contributed by atoms with Crippen LogP contribution in [-0.2, 0) is 9.59 Å². The largest absolute Gasteiger partial charge is 0.481 e. The van der Waals surface area contributed by atoms with Gasteiger partial charge in [0.15, 0.2) is 0 Å². The van der Waals surface area contributed by atoms with Crippen LogP contribution in [0.2, 0.25) is 0 Å². The van der Waals surface area contributed by atoms with Gasteiger partial charge in [-0.1, -0.05) is 0 Å². The van der Waals surface area contributed by atoms with Crippen LogP contribution in [0.15, 0.2) is 0 Å². The molecule has 5 nitrogen and oxygen atoms in total. The molecular weight excluding hydrogens is 244 g/mol. The maximum absolute atomic E-state index is 12.3. The molecule has 3 aliphatic carbocycles. The van der Waals surface area contributed by atoms with Gasteiger partial charge >= 0.3 is 5.97 Å². The fraction of sp³-hybridized carbons (Fsp3) is 0.857. The molecule has 0 aromatic carbocycles. The van der Waals surface area contributed by atoms with Gasteiger partial charge in [0.05, 0.1) is 17.5 Å². The van der Waals surface area contributed by atoms with E-state index >= 15 is 0 Å². The number of carboxylic acids is 1. The lowest BCUT2D eigenvalue weighted by atomic mass is 9.59. The van der Waals surface area contributed by atoms with E-state index in [1.807, 2.05) is 0 Å². The summed E-state index contributed by atoms with van der Waals surface area (Å²) in [5.41, 5.74) is -0.484. The van der Waals surface area contributed by atoms with Crippen molar-refractivity contribution in [3.63, 3.8) is 0 Å². The molecule has 0 unspecified atom stereocenters. The smallest absolute Gasteiger partial charge is 0.308 e. The fourth-order valence-corrected chi connectivity index (χ4v) is 4.13. The number of carboxylic acid groups (broad SMARTS) is 1. The van der Waals surface area contributed by atoms with Crippen molar-refractivity contribution in [1.29, 1.82) is 0 Å². The molecule has 4 rings (SSSR count). The van der Waals surface area contributed by atoms with Crippen molar-refractivity contribution in [3.8, 4) is 0 Å². The average molecular weight is 266 g/mol. The van der Waals surface area contributed by atoms with Crippen molar-refractivity contribution in [3.05, 3.63) is 0 Å². The monoisotopic (exact) mass is 266 g/mol. The van der Waals surface area contributed by atoms with E-state index in [-0.39, 0.29) is 11.9 Å². The standard InChI is InChI=1S/C14H22N2O3/c17-12(11-2-1-7-15-11)16-14-5-3-9(4-6-14)8-10(14)13(18)19/h9-11,15H,1-8H2,(H,16,17)(H,18,19)/t9?,10-,11-,14?/m0/s1. The van der Waals surface area contributed by atoms with Gasteiger partial charge < -0.3 is 15.7 Å². The number of amides is 1. The number of carbonyl (C=O) groups excluding carboxylic acids is 1. The number of hydrogen-bond donors (Lipinski definition) is 3. The molecule has 4 aliphatic rings. The Bertz CT molecular complexity index is 382. The third-order valence-electron chi connectivity index (χ3n) is 5.28. The summed E-state index contributed by atoms with van der Waals surface area (Å²) in [5, 5.41) is 15.7. The predicted molar refractivity (Wildman–Crippen MR) is 69.6 cm³/mol. The molecule has 1 aliphatic heterocycles. The number of hydrogen-bond acceptors (Lipinski definition) is 3. The van der Waals surface area contributed by atoms with E-state index in [1.165, 1.54) is 0 Å². The van der Waals surface area contributed by atoms with Crippen molar-refractivity contribution >= 4 is 11.9 Å².